The van der Waals surface area contributed by atoms with Gasteiger partial charge >= 0.3 is 0 Å². The molecule has 0 aliphatic carbocycles. The fourth-order valence-corrected chi connectivity index (χ4v) is 2.19. The molecule has 2 rings (SSSR count). The van der Waals surface area contributed by atoms with Gasteiger partial charge in [-0.25, -0.2) is 8.78 Å². The van der Waals surface area contributed by atoms with E-state index in [0.717, 1.165) is 11.6 Å². The summed E-state index contributed by atoms with van der Waals surface area (Å²) in [5, 5.41) is 0. The lowest BCUT2D eigenvalue weighted by Gasteiger charge is -2.14. The summed E-state index contributed by atoms with van der Waals surface area (Å²) in [7, 11) is 0. The molecule has 1 atom stereocenters. The molecule has 0 fully saturated rings. The van der Waals surface area contributed by atoms with Crippen LogP contribution >= 0.6 is 0 Å². The summed E-state index contributed by atoms with van der Waals surface area (Å²) in [6, 6.07) is 11.8. The second-order valence-electron chi connectivity index (χ2n) is 5.34. The van der Waals surface area contributed by atoms with Crippen LogP contribution in [0.25, 0.3) is 0 Å². The highest BCUT2D eigenvalue weighted by Gasteiger charge is 2.13. The van der Waals surface area contributed by atoms with Crippen molar-refractivity contribution in [1.82, 2.24) is 0 Å². The molecule has 0 saturated heterocycles. The first kappa shape index (κ1) is 14.7. The molecular formula is C17H19F2N. The Bertz CT molecular complexity index is 576. The molecule has 0 aliphatic rings. The predicted octanol–water partition coefficient (Wildman–Crippen LogP) is 4.33. The van der Waals surface area contributed by atoms with Crippen molar-refractivity contribution in [2.45, 2.75) is 32.2 Å². The minimum atomic E-state index is -0.829. The highest BCUT2D eigenvalue weighted by atomic mass is 19.2. The Labute approximate surface area is 118 Å². The van der Waals surface area contributed by atoms with E-state index < -0.39 is 11.6 Å². The van der Waals surface area contributed by atoms with E-state index in [9.17, 15) is 8.78 Å². The summed E-state index contributed by atoms with van der Waals surface area (Å²) in [6.07, 6.45) is 0.282. The number of hydrogen-bond acceptors (Lipinski definition) is 1. The molecule has 0 radical (unpaired) electrons. The van der Waals surface area contributed by atoms with E-state index in [1.165, 1.54) is 11.6 Å². The normalized spacial score (nSPS) is 12.7. The van der Waals surface area contributed by atoms with Crippen molar-refractivity contribution in [1.29, 1.82) is 0 Å². The highest BCUT2D eigenvalue weighted by Crippen LogP contribution is 2.22. The molecular weight excluding hydrogens is 256 g/mol. The number of rotatable bonds is 4. The molecule has 0 amide bonds. The molecule has 2 aromatic carbocycles. The van der Waals surface area contributed by atoms with Crippen LogP contribution in [-0.2, 0) is 6.42 Å². The quantitative estimate of drug-likeness (QED) is 0.883. The van der Waals surface area contributed by atoms with Crippen LogP contribution in [-0.4, -0.2) is 0 Å². The van der Waals surface area contributed by atoms with Crippen LogP contribution in [0.3, 0.4) is 0 Å². The zero-order chi connectivity index (χ0) is 14.7. The SMILES string of the molecule is CC(C)c1ccc(C(N)Cc2cccc(F)c2F)cc1. The Morgan fingerprint density at radius 2 is 1.55 bits per heavy atom. The van der Waals surface area contributed by atoms with E-state index in [2.05, 4.69) is 13.8 Å². The smallest absolute Gasteiger partial charge is 0.162 e. The van der Waals surface area contributed by atoms with Gasteiger partial charge in [-0.3, -0.25) is 0 Å². The van der Waals surface area contributed by atoms with Crippen molar-refractivity contribution in [3.8, 4) is 0 Å². The van der Waals surface area contributed by atoms with Crippen LogP contribution in [0.1, 0.15) is 42.5 Å². The van der Waals surface area contributed by atoms with Crippen LogP contribution in [0.15, 0.2) is 42.5 Å². The molecule has 1 unspecified atom stereocenters. The second-order valence-corrected chi connectivity index (χ2v) is 5.34. The molecule has 0 aliphatic heterocycles. The first-order valence-corrected chi connectivity index (χ1v) is 6.77. The maximum atomic E-state index is 13.6. The number of hydrogen-bond donors (Lipinski definition) is 1. The average Bonchev–Trinajstić information content (AvgIpc) is 2.44. The third-order valence-corrected chi connectivity index (χ3v) is 3.50. The van der Waals surface area contributed by atoms with E-state index in [-0.39, 0.29) is 12.5 Å². The summed E-state index contributed by atoms with van der Waals surface area (Å²) in [5.74, 6) is -1.17. The Kier molecular flexibility index (Phi) is 4.50. The van der Waals surface area contributed by atoms with Crippen molar-refractivity contribution in [2.75, 3.05) is 0 Å². The van der Waals surface area contributed by atoms with Crippen LogP contribution < -0.4 is 5.73 Å². The average molecular weight is 275 g/mol. The van der Waals surface area contributed by atoms with Crippen LogP contribution in [0, 0.1) is 11.6 Å². The fourth-order valence-electron chi connectivity index (χ4n) is 2.19. The molecule has 3 heteroatoms. The molecule has 20 heavy (non-hydrogen) atoms. The first-order valence-electron chi connectivity index (χ1n) is 6.77. The summed E-state index contributed by atoms with van der Waals surface area (Å²) in [4.78, 5) is 0. The maximum absolute atomic E-state index is 13.6. The zero-order valence-electron chi connectivity index (χ0n) is 11.7. The molecule has 0 aromatic heterocycles. The molecule has 0 bridgehead atoms. The van der Waals surface area contributed by atoms with Crippen LogP contribution in [0.2, 0.25) is 0 Å². The van der Waals surface area contributed by atoms with E-state index in [1.807, 2.05) is 24.3 Å². The summed E-state index contributed by atoms with van der Waals surface area (Å²) in [6.45, 7) is 4.24. The molecule has 2 aromatic rings. The number of benzene rings is 2. The maximum Gasteiger partial charge on any atom is 0.162 e. The standard InChI is InChI=1S/C17H19F2N/c1-11(2)12-6-8-13(9-7-12)16(20)10-14-4-3-5-15(18)17(14)19/h3-9,11,16H,10,20H2,1-2H3. The summed E-state index contributed by atoms with van der Waals surface area (Å²) in [5.41, 5.74) is 8.56. The van der Waals surface area contributed by atoms with Gasteiger partial charge in [-0.1, -0.05) is 50.2 Å². The van der Waals surface area contributed by atoms with E-state index >= 15 is 0 Å². The van der Waals surface area contributed by atoms with Gasteiger partial charge in [0.1, 0.15) is 0 Å². The van der Waals surface area contributed by atoms with Crippen LogP contribution in [0.5, 0.6) is 0 Å². The Morgan fingerprint density at radius 1 is 0.950 bits per heavy atom. The van der Waals surface area contributed by atoms with Crippen molar-refractivity contribution in [3.63, 3.8) is 0 Å². The van der Waals surface area contributed by atoms with Gasteiger partial charge in [0, 0.05) is 6.04 Å². The summed E-state index contributed by atoms with van der Waals surface area (Å²) < 4.78 is 26.8. The minimum Gasteiger partial charge on any atom is -0.324 e. The molecule has 0 spiro atoms. The van der Waals surface area contributed by atoms with Gasteiger partial charge < -0.3 is 5.73 Å². The van der Waals surface area contributed by atoms with Gasteiger partial charge in [-0.15, -0.1) is 0 Å². The van der Waals surface area contributed by atoms with E-state index in [1.54, 1.807) is 6.07 Å². The van der Waals surface area contributed by atoms with E-state index in [4.69, 9.17) is 5.73 Å². The lowest BCUT2D eigenvalue weighted by Crippen LogP contribution is -2.14. The molecule has 0 heterocycles. The van der Waals surface area contributed by atoms with Gasteiger partial charge in [0.2, 0.25) is 0 Å². The second kappa shape index (κ2) is 6.14. The molecule has 1 nitrogen and oxygen atoms in total. The first-order chi connectivity index (χ1) is 9.49. The predicted molar refractivity (Wildman–Crippen MR) is 77.5 cm³/mol. The lowest BCUT2D eigenvalue weighted by atomic mass is 9.96. The Morgan fingerprint density at radius 3 is 2.15 bits per heavy atom. The fraction of sp³-hybridized carbons (Fsp3) is 0.294. The van der Waals surface area contributed by atoms with Crippen molar-refractivity contribution in [3.05, 3.63) is 70.8 Å². The Balaban J connectivity index is 2.15. The Hall–Kier alpha value is -1.74. The summed E-state index contributed by atoms with van der Waals surface area (Å²) >= 11 is 0. The molecule has 2 N–H and O–H groups in total. The van der Waals surface area contributed by atoms with Gasteiger partial charge in [0.05, 0.1) is 0 Å². The lowest BCUT2D eigenvalue weighted by molar-refractivity contribution is 0.494. The monoisotopic (exact) mass is 275 g/mol. The minimum absolute atomic E-state index is 0.282. The third kappa shape index (κ3) is 3.23. The zero-order valence-corrected chi connectivity index (χ0v) is 11.7. The van der Waals surface area contributed by atoms with Crippen LogP contribution in [0.4, 0.5) is 8.78 Å². The number of halogens is 2. The van der Waals surface area contributed by atoms with Gasteiger partial charge in [-0.2, -0.15) is 0 Å². The van der Waals surface area contributed by atoms with Gasteiger partial charge in [0.25, 0.3) is 0 Å². The van der Waals surface area contributed by atoms with Gasteiger partial charge in [-0.05, 0) is 35.1 Å². The van der Waals surface area contributed by atoms with Crippen molar-refractivity contribution < 1.29 is 8.78 Å². The topological polar surface area (TPSA) is 26.0 Å². The molecule has 0 saturated carbocycles. The third-order valence-electron chi connectivity index (χ3n) is 3.50. The van der Waals surface area contributed by atoms with Crippen molar-refractivity contribution in [2.24, 2.45) is 5.73 Å². The van der Waals surface area contributed by atoms with Crippen molar-refractivity contribution >= 4 is 0 Å². The number of nitrogens with two attached hydrogens (primary N) is 1. The molecule has 106 valence electrons. The van der Waals surface area contributed by atoms with Gasteiger partial charge in [0.15, 0.2) is 11.6 Å². The largest absolute Gasteiger partial charge is 0.324 e. The van der Waals surface area contributed by atoms with E-state index in [0.29, 0.717) is 11.5 Å². The highest BCUT2D eigenvalue weighted by molar-refractivity contribution is 5.29.